The predicted molar refractivity (Wildman–Crippen MR) is 321 cm³/mol. The molecule has 4 saturated heterocycles. The van der Waals surface area contributed by atoms with E-state index in [1.54, 1.807) is 36.5 Å². The number of aryl methyl sites for hydroxylation is 4. The highest BCUT2D eigenvalue weighted by Gasteiger charge is 2.47. The topological polar surface area (TPSA) is 168 Å². The minimum absolute atomic E-state index is 0.190. The van der Waals surface area contributed by atoms with Crippen molar-refractivity contribution in [1.82, 2.24) is 39.4 Å². The Kier molecular flexibility index (Phi) is 20.8. The number of piperazine rings is 2. The maximum absolute atomic E-state index is 13.0. The number of aliphatic hydroxyl groups excluding tert-OH is 1. The Morgan fingerprint density at radius 1 is 0.562 bits per heavy atom. The van der Waals surface area contributed by atoms with Gasteiger partial charge in [-0.05, 0) is 143 Å². The van der Waals surface area contributed by atoms with Crippen LogP contribution in [0.4, 0.5) is 21.0 Å². The van der Waals surface area contributed by atoms with Crippen LogP contribution < -0.4 is 15.1 Å². The molecule has 10 rings (SSSR count). The summed E-state index contributed by atoms with van der Waals surface area (Å²) in [5, 5.41) is 36.1. The van der Waals surface area contributed by atoms with Crippen LogP contribution in [0.25, 0.3) is 0 Å². The number of para-hydroxylation sites is 2. The number of imidazole rings is 2. The van der Waals surface area contributed by atoms with Gasteiger partial charge in [0.1, 0.15) is 18.8 Å². The monoisotopic (exact) mass is 1130 g/mol. The van der Waals surface area contributed by atoms with Gasteiger partial charge in [0.25, 0.3) is 0 Å². The van der Waals surface area contributed by atoms with Crippen molar-refractivity contribution < 1.29 is 29.8 Å². The number of aliphatic hydroxyl groups is 1. The van der Waals surface area contributed by atoms with Crippen LogP contribution >= 0.6 is 23.5 Å². The molecule has 0 unspecified atom stereocenters. The average Bonchev–Trinajstić information content (AvgIpc) is 4.18. The van der Waals surface area contributed by atoms with Crippen molar-refractivity contribution in [3.05, 3.63) is 145 Å². The molecule has 4 aliphatic rings. The number of amides is 1. The summed E-state index contributed by atoms with van der Waals surface area (Å²) in [5.74, 6) is 0. The Balaban J connectivity index is 0.000000172. The number of benzene rings is 4. The number of aromatic nitrogens is 4. The molecule has 0 radical (unpaired) electrons. The molecular weight excluding hydrogens is 1040 g/mol. The second kappa shape index (κ2) is 26.9. The molecule has 80 heavy (non-hydrogen) atoms. The molecule has 0 bridgehead atoms. The van der Waals surface area contributed by atoms with Gasteiger partial charge in [0.2, 0.25) is 0 Å². The summed E-state index contributed by atoms with van der Waals surface area (Å²) in [7, 11) is 0. The molecule has 0 saturated carbocycles. The van der Waals surface area contributed by atoms with Gasteiger partial charge >= 0.3 is 12.1 Å². The third-order valence-corrected chi connectivity index (χ3v) is 17.6. The number of hydrogen-bond acceptors (Lipinski definition) is 15. The molecule has 4 aliphatic heterocycles. The van der Waals surface area contributed by atoms with E-state index in [4.69, 9.17) is 4.74 Å². The lowest BCUT2D eigenvalue weighted by molar-refractivity contribution is -0.257. The van der Waals surface area contributed by atoms with Crippen LogP contribution in [-0.2, 0) is 4.74 Å². The molecule has 0 atom stereocenters. The predicted octanol–water partition coefficient (Wildman–Crippen LogP) is 12.0. The highest BCUT2D eigenvalue weighted by Crippen LogP contribution is 2.41. The maximum atomic E-state index is 13.0. The van der Waals surface area contributed by atoms with Crippen molar-refractivity contribution in [2.45, 2.75) is 163 Å². The Labute approximate surface area is 483 Å². The zero-order valence-electron chi connectivity index (χ0n) is 49.1. The quantitative estimate of drug-likeness (QED) is 0.119. The van der Waals surface area contributed by atoms with E-state index in [-0.39, 0.29) is 35.4 Å². The summed E-state index contributed by atoms with van der Waals surface area (Å²) >= 11 is 3.68. The summed E-state index contributed by atoms with van der Waals surface area (Å²) in [4.78, 5) is 43.8. The molecule has 4 N–H and O–H groups in total. The van der Waals surface area contributed by atoms with Crippen molar-refractivity contribution in [2.75, 3.05) is 62.2 Å². The van der Waals surface area contributed by atoms with Crippen molar-refractivity contribution in [1.29, 1.82) is 0 Å². The molecule has 1 amide bonds. The zero-order chi connectivity index (χ0) is 58.0. The van der Waals surface area contributed by atoms with Crippen molar-refractivity contribution in [3.63, 3.8) is 0 Å². The summed E-state index contributed by atoms with van der Waals surface area (Å²) in [5.41, 5.74) is 6.30. The second-order valence-electron chi connectivity index (χ2n) is 24.0. The van der Waals surface area contributed by atoms with Gasteiger partial charge < -0.3 is 40.3 Å². The Morgan fingerprint density at radius 3 is 1.39 bits per heavy atom. The van der Waals surface area contributed by atoms with Crippen molar-refractivity contribution in [2.24, 2.45) is 0 Å². The van der Waals surface area contributed by atoms with Crippen LogP contribution in [0, 0.1) is 27.7 Å². The van der Waals surface area contributed by atoms with Crippen LogP contribution in [0.1, 0.15) is 103 Å². The lowest BCUT2D eigenvalue weighted by atomic mass is 9.80. The Bertz CT molecular complexity index is 2880. The average molecular weight is 1130 g/mol. The minimum Gasteiger partial charge on any atom is -0.446 e. The number of ether oxygens (including phenoxy) is 1. The smallest absolute Gasteiger partial charge is 0.410 e. The van der Waals surface area contributed by atoms with Gasteiger partial charge in [0.15, 0.2) is 0 Å². The fraction of sp³-hybridized carbons (Fsp3) is 0.484. The molecule has 4 aromatic carbocycles. The number of carbonyl (C=O) groups excluding carboxylic acids is 2. The van der Waals surface area contributed by atoms with Gasteiger partial charge in [0.05, 0.1) is 17.5 Å². The van der Waals surface area contributed by atoms with E-state index >= 15 is 0 Å². The maximum Gasteiger partial charge on any atom is 0.410 e. The van der Waals surface area contributed by atoms with Crippen LogP contribution in [0.2, 0.25) is 0 Å². The number of nitrogens with one attached hydrogen (secondary N) is 1. The van der Waals surface area contributed by atoms with E-state index in [0.29, 0.717) is 38.8 Å². The van der Waals surface area contributed by atoms with Crippen LogP contribution in [0.3, 0.4) is 0 Å². The number of piperidine rings is 2. The molecule has 18 heteroatoms. The largest absolute Gasteiger partial charge is 0.446 e. The van der Waals surface area contributed by atoms with E-state index < -0.39 is 11.1 Å². The summed E-state index contributed by atoms with van der Waals surface area (Å²) < 4.78 is 8.70. The number of carbonyl (C=O) groups is 2. The van der Waals surface area contributed by atoms with Gasteiger partial charge in [-0.25, -0.2) is 19.6 Å². The minimum atomic E-state index is -0.442. The summed E-state index contributed by atoms with van der Waals surface area (Å²) in [6.45, 7) is 31.5. The molecule has 432 valence electrons. The van der Waals surface area contributed by atoms with E-state index in [1.807, 2.05) is 72.1 Å². The fourth-order valence-corrected chi connectivity index (χ4v) is 13.4. The van der Waals surface area contributed by atoms with Crippen LogP contribution in [0.5, 0.6) is 0 Å². The van der Waals surface area contributed by atoms with Gasteiger partial charge in [-0.2, -0.15) is 10.1 Å². The SMILES string of the molecule is CC1(C)CC(O)CC(C)(C)N1O.Cc1ccc(Sc2ccccc2N2CCN(C(=O)OC3CC(C)(C)N(O)C(C)(C)C3)CC2)c(C)c1.Cc1ccc(Sc2ccccc2N2CCNCC2)c(C)c1.O=C(n1ccnc1)n1ccnc1. The molecular formula is C62H86N10O6S2. The molecule has 6 heterocycles. The van der Waals surface area contributed by atoms with E-state index in [9.17, 15) is 25.1 Å². The third kappa shape index (κ3) is 16.3. The lowest BCUT2D eigenvalue weighted by Gasteiger charge is -2.51. The number of rotatable bonds is 7. The first-order chi connectivity index (χ1) is 37.8. The first-order valence-electron chi connectivity index (χ1n) is 27.8. The van der Waals surface area contributed by atoms with Gasteiger partial charge in [0, 0.05) is 132 Å². The van der Waals surface area contributed by atoms with E-state index in [0.717, 1.165) is 39.3 Å². The van der Waals surface area contributed by atoms with Crippen LogP contribution in [-0.4, -0.2) is 148 Å². The number of nitrogens with zero attached hydrogens (tertiary/aromatic N) is 9. The van der Waals surface area contributed by atoms with Gasteiger partial charge in [-0.15, -0.1) is 0 Å². The standard InChI is InChI=1S/C28H39N3O3S.C18H22N2S.C9H19NO2.C7H6N4O/c1-20-11-12-24(21(2)17-20)35-25-10-8-7-9-23(25)29-13-15-30(16-14-29)26(32)34-22-18-27(3,4)31(33)28(5,6)19-22;1-14-7-8-17(15(2)13-14)21-18-6-4-3-5-16(18)20-11-9-19-10-12-20;1-8(2)5-7(11)6-9(3,4)10(8)12;12-7(10-3-1-8-5-10)11-4-2-9-6-11/h7-12,17,22,33H,13-16,18-19H2,1-6H3;3-8,13,19H,9-12H2,1-2H3;7,11-12H,5-6H2,1-4H3;1-6H. The van der Waals surface area contributed by atoms with Crippen LogP contribution in [0.15, 0.2) is 142 Å². The number of anilines is 2. The molecule has 4 fully saturated rings. The molecule has 0 spiro atoms. The molecule has 2 aromatic heterocycles. The molecule has 16 nitrogen and oxygen atoms in total. The zero-order valence-corrected chi connectivity index (χ0v) is 50.7. The van der Waals surface area contributed by atoms with Gasteiger partial charge in [-0.3, -0.25) is 9.13 Å². The third-order valence-electron chi connectivity index (χ3n) is 15.1. The number of hydroxylamine groups is 4. The molecule has 0 aliphatic carbocycles. The Hall–Kier alpha value is -5.70. The normalized spacial score (nSPS) is 19.1. The first-order valence-corrected chi connectivity index (χ1v) is 29.5. The van der Waals surface area contributed by atoms with Crippen molar-refractivity contribution in [3.8, 4) is 0 Å². The second-order valence-corrected chi connectivity index (χ2v) is 26.1. The highest BCUT2D eigenvalue weighted by atomic mass is 32.2. The van der Waals surface area contributed by atoms with E-state index in [2.05, 4.69) is 138 Å². The summed E-state index contributed by atoms with van der Waals surface area (Å²) in [6.07, 6.45) is 10.9. The first kappa shape index (κ1) is 61.9. The fourth-order valence-electron chi connectivity index (χ4n) is 11.3. The Morgan fingerprint density at radius 2 is 0.975 bits per heavy atom. The molecule has 6 aromatic rings. The summed E-state index contributed by atoms with van der Waals surface area (Å²) in [6, 6.07) is 30.4. The highest BCUT2D eigenvalue weighted by molar-refractivity contribution is 7.99. The van der Waals surface area contributed by atoms with Gasteiger partial charge in [-0.1, -0.05) is 83.2 Å². The number of hydrogen-bond donors (Lipinski definition) is 4. The lowest BCUT2D eigenvalue weighted by Crippen LogP contribution is -2.61. The van der Waals surface area contributed by atoms with E-state index in [1.165, 1.54) is 85.1 Å². The van der Waals surface area contributed by atoms with Crippen molar-refractivity contribution >= 4 is 47.0 Å².